The van der Waals surface area contributed by atoms with Crippen LogP contribution in [0, 0.1) is 0 Å². The van der Waals surface area contributed by atoms with Gasteiger partial charge in [0.1, 0.15) is 0 Å². The maximum Gasteiger partial charge on any atom is 0.399 e. The minimum atomic E-state index is -1.24. The molecule has 0 fully saturated rings. The third-order valence-electron chi connectivity index (χ3n) is 0.507. The molecule has 0 N–H and O–H groups in total. The number of isocyanates is 1. The molecule has 0 atom stereocenters. The van der Waals surface area contributed by atoms with Crippen LogP contribution < -0.4 is 0 Å². The highest BCUT2D eigenvalue weighted by molar-refractivity contribution is 6.33. The lowest BCUT2D eigenvalue weighted by Gasteiger charge is -1.86. The van der Waals surface area contributed by atoms with Crippen LogP contribution in [0.25, 0.3) is 0 Å². The van der Waals surface area contributed by atoms with Crippen molar-refractivity contribution in [1.82, 2.24) is 0 Å². The monoisotopic (exact) mass is 129 g/mol. The number of aliphatic imine (C=N–C) groups is 1. The Morgan fingerprint density at radius 2 is 2.11 bits per heavy atom. The van der Waals surface area contributed by atoms with Crippen molar-refractivity contribution in [3.63, 3.8) is 0 Å². The van der Waals surface area contributed by atoms with Gasteiger partial charge in [0.15, 0.2) is 0 Å². The van der Waals surface area contributed by atoms with Gasteiger partial charge in [-0.1, -0.05) is 0 Å². The van der Waals surface area contributed by atoms with Crippen molar-refractivity contribution in [2.24, 2.45) is 4.99 Å². The van der Waals surface area contributed by atoms with Gasteiger partial charge in [0.05, 0.1) is 7.11 Å². The maximum atomic E-state index is 10.1. The molecule has 0 bridgehead atoms. The van der Waals surface area contributed by atoms with Crippen LogP contribution in [-0.2, 0) is 19.1 Å². The zero-order valence-corrected chi connectivity index (χ0v) is 4.58. The summed E-state index contributed by atoms with van der Waals surface area (Å²) in [5.41, 5.74) is 0. The topological polar surface area (TPSA) is 72.8 Å². The molecule has 0 unspecified atom stereocenters. The third kappa shape index (κ3) is 2.36. The van der Waals surface area contributed by atoms with Crippen LogP contribution in [0.1, 0.15) is 0 Å². The van der Waals surface area contributed by atoms with Crippen LogP contribution in [0.15, 0.2) is 4.99 Å². The van der Waals surface area contributed by atoms with Gasteiger partial charge < -0.3 is 4.74 Å². The lowest BCUT2D eigenvalue weighted by molar-refractivity contribution is -0.151. The quantitative estimate of drug-likeness (QED) is 0.182. The minimum Gasteiger partial charge on any atom is -0.462 e. The van der Waals surface area contributed by atoms with Crippen LogP contribution in [0.3, 0.4) is 0 Å². The molecule has 0 aromatic heterocycles. The van der Waals surface area contributed by atoms with E-state index in [-0.39, 0.29) is 0 Å². The van der Waals surface area contributed by atoms with Crippen molar-refractivity contribution in [1.29, 1.82) is 0 Å². The van der Waals surface area contributed by atoms with E-state index in [0.29, 0.717) is 0 Å². The Morgan fingerprint density at radius 3 is 2.44 bits per heavy atom. The second-order valence-electron chi connectivity index (χ2n) is 1.000. The van der Waals surface area contributed by atoms with E-state index in [9.17, 15) is 14.4 Å². The molecule has 1 amide bonds. The zero-order valence-electron chi connectivity index (χ0n) is 4.58. The van der Waals surface area contributed by atoms with E-state index < -0.39 is 11.9 Å². The van der Waals surface area contributed by atoms with Gasteiger partial charge >= 0.3 is 11.9 Å². The molecule has 0 saturated carbocycles. The van der Waals surface area contributed by atoms with Crippen LogP contribution in [0.5, 0.6) is 0 Å². The van der Waals surface area contributed by atoms with Crippen molar-refractivity contribution in [3.05, 3.63) is 0 Å². The third-order valence-corrected chi connectivity index (χ3v) is 0.507. The number of ether oxygens (including phenoxy) is 1. The van der Waals surface area contributed by atoms with E-state index >= 15 is 0 Å². The number of esters is 1. The first-order valence-electron chi connectivity index (χ1n) is 1.92. The highest BCUT2D eigenvalue weighted by Gasteiger charge is 2.10. The number of carbonyl (C=O) groups is 2. The number of carbonyl (C=O) groups excluding carboxylic acids is 3. The molecule has 0 aliphatic carbocycles. The fourth-order valence-corrected chi connectivity index (χ4v) is 0.174. The molecule has 0 rings (SSSR count). The van der Waals surface area contributed by atoms with E-state index in [0.717, 1.165) is 13.2 Å². The molecule has 0 aliphatic heterocycles. The van der Waals surface area contributed by atoms with E-state index in [2.05, 4.69) is 9.73 Å². The minimum absolute atomic E-state index is 0.907. The summed E-state index contributed by atoms with van der Waals surface area (Å²) in [4.78, 5) is 31.9. The Balaban J connectivity index is 4.04. The number of amides is 1. The highest BCUT2D eigenvalue weighted by Crippen LogP contribution is 1.76. The van der Waals surface area contributed by atoms with Gasteiger partial charge in [-0.05, 0) is 0 Å². The number of methoxy groups -OCH3 is 1. The smallest absolute Gasteiger partial charge is 0.399 e. The van der Waals surface area contributed by atoms with Gasteiger partial charge in [0.2, 0.25) is 6.08 Å². The van der Waals surface area contributed by atoms with Gasteiger partial charge in [-0.15, -0.1) is 4.99 Å². The Kier molecular flexibility index (Phi) is 2.94. The average Bonchev–Trinajstić information content (AvgIpc) is 1.87. The molecule has 0 heterocycles. The molecule has 48 valence electrons. The largest absolute Gasteiger partial charge is 0.462 e. The van der Waals surface area contributed by atoms with Crippen LogP contribution in [0.2, 0.25) is 0 Å². The second-order valence-corrected chi connectivity index (χ2v) is 1.000. The van der Waals surface area contributed by atoms with Gasteiger partial charge in [0.25, 0.3) is 0 Å². The van der Waals surface area contributed by atoms with E-state index in [1.807, 2.05) is 0 Å². The molecule has 0 aromatic rings. The van der Waals surface area contributed by atoms with Crippen molar-refractivity contribution in [3.8, 4) is 0 Å². The first-order valence-corrected chi connectivity index (χ1v) is 1.92. The Labute approximate surface area is 50.3 Å². The van der Waals surface area contributed by atoms with Crippen molar-refractivity contribution in [2.75, 3.05) is 7.11 Å². The molecule has 5 heteroatoms. The fraction of sp³-hybridized carbons (Fsp3) is 0.250. The Morgan fingerprint density at radius 1 is 1.56 bits per heavy atom. The number of hydrogen-bond acceptors (Lipinski definition) is 4. The molecule has 9 heavy (non-hydrogen) atoms. The van der Waals surface area contributed by atoms with Crippen LogP contribution in [0.4, 0.5) is 0 Å². The first kappa shape index (κ1) is 7.52. The van der Waals surface area contributed by atoms with E-state index in [1.165, 1.54) is 0 Å². The summed E-state index contributed by atoms with van der Waals surface area (Å²) in [5, 5.41) is 0. The lowest BCUT2D eigenvalue weighted by Crippen LogP contribution is -2.11. The summed E-state index contributed by atoms with van der Waals surface area (Å²) in [5.74, 6) is -2.41. The number of rotatable bonds is 0. The Bertz CT molecular complexity index is 179. The molecular weight excluding hydrogens is 126 g/mol. The van der Waals surface area contributed by atoms with Gasteiger partial charge in [-0.25, -0.2) is 9.59 Å². The number of nitrogens with zero attached hydrogens (tertiary/aromatic N) is 1. The summed E-state index contributed by atoms with van der Waals surface area (Å²) >= 11 is 0. The molecule has 0 saturated heterocycles. The summed E-state index contributed by atoms with van der Waals surface area (Å²) in [7, 11) is 1.01. The zero-order chi connectivity index (χ0) is 7.28. The highest BCUT2D eigenvalue weighted by atomic mass is 16.5. The molecule has 5 nitrogen and oxygen atoms in total. The summed E-state index contributed by atoms with van der Waals surface area (Å²) in [6.45, 7) is 0. The average molecular weight is 129 g/mol. The van der Waals surface area contributed by atoms with Crippen LogP contribution >= 0.6 is 0 Å². The van der Waals surface area contributed by atoms with Crippen molar-refractivity contribution in [2.45, 2.75) is 0 Å². The predicted molar refractivity (Wildman–Crippen MR) is 25.1 cm³/mol. The Hall–Kier alpha value is -1.48. The second kappa shape index (κ2) is 3.51. The maximum absolute atomic E-state index is 10.1. The SMILES string of the molecule is COC(=O)C(=O)N=C=O. The molecule has 0 radical (unpaired) electrons. The van der Waals surface area contributed by atoms with Gasteiger partial charge in [-0.3, -0.25) is 4.79 Å². The lowest BCUT2D eigenvalue weighted by atomic mass is 10.6. The first-order chi connectivity index (χ1) is 4.22. The predicted octanol–water partition coefficient (Wildman–Crippen LogP) is -0.978. The van der Waals surface area contributed by atoms with E-state index in [4.69, 9.17) is 0 Å². The van der Waals surface area contributed by atoms with Crippen LogP contribution in [-0.4, -0.2) is 25.1 Å². The molecular formula is C4H3NO4. The van der Waals surface area contributed by atoms with Crippen molar-refractivity contribution >= 4 is 18.0 Å². The summed E-state index contributed by atoms with van der Waals surface area (Å²) in [6, 6.07) is 0. The van der Waals surface area contributed by atoms with Gasteiger partial charge in [0, 0.05) is 0 Å². The fourth-order valence-electron chi connectivity index (χ4n) is 0.174. The normalized spacial score (nSPS) is 7.22. The molecule has 0 aromatic carbocycles. The molecule has 0 spiro atoms. The van der Waals surface area contributed by atoms with Crippen molar-refractivity contribution < 1.29 is 19.1 Å². The molecule has 0 aliphatic rings. The van der Waals surface area contributed by atoms with E-state index in [1.54, 1.807) is 0 Å². The summed E-state index contributed by atoms with van der Waals surface area (Å²) < 4.78 is 3.90. The van der Waals surface area contributed by atoms with Gasteiger partial charge in [-0.2, -0.15) is 0 Å². The number of hydrogen-bond donors (Lipinski definition) is 0. The standard InChI is InChI=1S/C4H3NO4/c1-9-4(8)3(7)5-2-6/h1H3. The summed E-state index contributed by atoms with van der Waals surface area (Å²) in [6.07, 6.45) is 0.907.